The summed E-state index contributed by atoms with van der Waals surface area (Å²) in [7, 11) is 2.53. The monoisotopic (exact) mass is 1100 g/mol. The van der Waals surface area contributed by atoms with Gasteiger partial charge >= 0.3 is 11.9 Å². The van der Waals surface area contributed by atoms with Crippen LogP contribution in [-0.2, 0) is 57.0 Å². The summed E-state index contributed by atoms with van der Waals surface area (Å²) in [5.74, 6) is -7.94. The molecule has 0 spiro atoms. The first-order valence-corrected chi connectivity index (χ1v) is 24.7. The van der Waals surface area contributed by atoms with Crippen LogP contribution in [0.5, 0.6) is 11.5 Å². The number of aliphatic hydroxyl groups is 11. The van der Waals surface area contributed by atoms with Crippen molar-refractivity contribution in [3.05, 3.63) is 23.8 Å². The van der Waals surface area contributed by atoms with Crippen LogP contribution in [-0.4, -0.2) is 265 Å². The first-order chi connectivity index (χ1) is 36.0. The minimum Gasteiger partial charge on any atom is -0.508 e. The second-order valence-electron chi connectivity index (χ2n) is 18.8. The molecule has 4 heterocycles. The van der Waals surface area contributed by atoms with Gasteiger partial charge < -0.3 is 125 Å². The Kier molecular flexibility index (Phi) is 25.7. The third-order valence-electron chi connectivity index (χ3n) is 13.3. The summed E-state index contributed by atoms with van der Waals surface area (Å²) < 4.78 is 50.9. The number of carboxylic acids is 1. The zero-order valence-corrected chi connectivity index (χ0v) is 42.5. The SMILES string of the molecule is CC1OCC(O)C(O)[C@@H]1O.COC(=O)CCCCCCCCO[C@@H]1OC(CO)[C@@H](OC2OC(CO)[C@H](O)C(O[C@]3(C(=O)O)CC(O)[C@@H](NC(C)=O)C(C(O)C(O)CO)O3)C2O)C(OC)C1NC(=O)c1ccc(O)cc1O. The summed E-state index contributed by atoms with van der Waals surface area (Å²) in [4.78, 5) is 50.0. The lowest BCUT2D eigenvalue weighted by Gasteiger charge is -2.51. The number of aliphatic carboxylic acids is 1. The largest absolute Gasteiger partial charge is 0.508 e. The Balaban J connectivity index is 0.00000111. The van der Waals surface area contributed by atoms with Crippen LogP contribution in [0.25, 0.3) is 0 Å². The highest BCUT2D eigenvalue weighted by Crippen LogP contribution is 2.39. The number of phenolic OH excluding ortho intramolecular Hbond substituents is 2. The predicted molar refractivity (Wildman–Crippen MR) is 251 cm³/mol. The fourth-order valence-electron chi connectivity index (χ4n) is 8.99. The molecule has 1 aromatic carbocycles. The zero-order valence-electron chi connectivity index (χ0n) is 42.5. The third kappa shape index (κ3) is 16.7. The Morgan fingerprint density at radius 1 is 0.776 bits per heavy atom. The minimum absolute atomic E-state index is 0.0772. The number of carbonyl (C=O) groups excluding carboxylic acids is 3. The molecule has 436 valence electrons. The van der Waals surface area contributed by atoms with Gasteiger partial charge in [-0.1, -0.05) is 25.7 Å². The highest BCUT2D eigenvalue weighted by Gasteiger charge is 2.60. The number of carbonyl (C=O) groups is 4. The van der Waals surface area contributed by atoms with E-state index in [1.54, 1.807) is 6.92 Å². The Morgan fingerprint density at radius 2 is 1.42 bits per heavy atom. The van der Waals surface area contributed by atoms with Crippen LogP contribution in [0.3, 0.4) is 0 Å². The van der Waals surface area contributed by atoms with Crippen molar-refractivity contribution in [3.63, 3.8) is 0 Å². The van der Waals surface area contributed by atoms with Crippen molar-refractivity contribution in [3.8, 4) is 11.5 Å². The lowest BCUT2D eigenvalue weighted by Crippen LogP contribution is -2.71. The first kappa shape index (κ1) is 64.5. The van der Waals surface area contributed by atoms with Gasteiger partial charge in [-0.2, -0.15) is 0 Å². The van der Waals surface area contributed by atoms with Crippen molar-refractivity contribution in [2.24, 2.45) is 0 Å². The van der Waals surface area contributed by atoms with E-state index in [1.807, 2.05) is 0 Å². The summed E-state index contributed by atoms with van der Waals surface area (Å²) >= 11 is 0. The summed E-state index contributed by atoms with van der Waals surface area (Å²) in [6.45, 7) is -0.00998. The molecule has 14 unspecified atom stereocenters. The number of benzene rings is 1. The van der Waals surface area contributed by atoms with Gasteiger partial charge in [0.2, 0.25) is 5.91 Å². The molecular formula is C47H76N2O27. The van der Waals surface area contributed by atoms with E-state index in [9.17, 15) is 75.3 Å². The van der Waals surface area contributed by atoms with Crippen molar-refractivity contribution in [2.45, 2.75) is 187 Å². The molecular weight excluding hydrogens is 1020 g/mol. The molecule has 0 aromatic heterocycles. The lowest BCUT2D eigenvalue weighted by atomic mass is 9.88. The van der Waals surface area contributed by atoms with E-state index in [-0.39, 0.29) is 30.5 Å². The number of hydrogen-bond donors (Lipinski definition) is 16. The van der Waals surface area contributed by atoms with Crippen molar-refractivity contribution >= 4 is 23.8 Å². The molecule has 0 aliphatic carbocycles. The highest BCUT2D eigenvalue weighted by atomic mass is 16.8. The second kappa shape index (κ2) is 30.3. The van der Waals surface area contributed by atoms with Gasteiger partial charge in [0.1, 0.15) is 96.9 Å². The van der Waals surface area contributed by atoms with Gasteiger partial charge in [-0.25, -0.2) is 4.79 Å². The fourth-order valence-corrected chi connectivity index (χ4v) is 8.99. The molecule has 4 saturated heterocycles. The number of nitrogens with one attached hydrogen (secondary N) is 2. The number of hydrogen-bond acceptors (Lipinski definition) is 26. The maximum Gasteiger partial charge on any atom is 0.364 e. The predicted octanol–water partition coefficient (Wildman–Crippen LogP) is -5.30. The van der Waals surface area contributed by atoms with E-state index in [4.69, 9.17) is 53.2 Å². The second-order valence-corrected chi connectivity index (χ2v) is 18.8. The smallest absolute Gasteiger partial charge is 0.364 e. The van der Waals surface area contributed by atoms with E-state index in [1.165, 1.54) is 14.2 Å². The lowest BCUT2D eigenvalue weighted by molar-refractivity contribution is -0.383. The van der Waals surface area contributed by atoms with Gasteiger partial charge in [0, 0.05) is 39.5 Å². The first-order valence-electron chi connectivity index (χ1n) is 24.7. The van der Waals surface area contributed by atoms with E-state index >= 15 is 0 Å². The van der Waals surface area contributed by atoms with Gasteiger partial charge in [-0.15, -0.1) is 0 Å². The molecule has 29 nitrogen and oxygen atoms in total. The van der Waals surface area contributed by atoms with Gasteiger partial charge in [0.05, 0.1) is 57.4 Å². The molecule has 20 atom stereocenters. The number of carboxylic acid groups (broad SMARTS) is 1. The maximum absolute atomic E-state index is 13.7. The molecule has 4 fully saturated rings. The van der Waals surface area contributed by atoms with Crippen molar-refractivity contribution in [2.75, 3.05) is 47.3 Å². The normalized spacial score (nSPS) is 35.4. The molecule has 4 aliphatic rings. The number of aromatic hydroxyl groups is 2. The number of aliphatic hydroxyl groups excluding tert-OH is 11. The molecule has 2 amide bonds. The number of methoxy groups -OCH3 is 2. The fraction of sp³-hybridized carbons (Fsp3) is 0.787. The van der Waals surface area contributed by atoms with Crippen LogP contribution in [0, 0.1) is 0 Å². The number of amides is 2. The van der Waals surface area contributed by atoms with Crippen LogP contribution in [0.2, 0.25) is 0 Å². The average Bonchev–Trinajstić information content (AvgIpc) is 3.38. The molecule has 0 bridgehead atoms. The molecule has 5 rings (SSSR count). The Labute approximate surface area is 436 Å². The van der Waals surface area contributed by atoms with E-state index in [2.05, 4.69) is 15.4 Å². The van der Waals surface area contributed by atoms with Crippen LogP contribution >= 0.6 is 0 Å². The van der Waals surface area contributed by atoms with Gasteiger partial charge in [-0.05, 0) is 31.9 Å². The standard InChI is InChI=1S/C41H64N2O23.C6H12O4/c1-19(47)42-28-23(50)15-41(40(57)58,65-34(28)30(53)24(51)16-44)66-36-31(54)25(17-45)62-39(32(36)55)64-33-26(18-46)63-38(61-13-9-7-5-4-6-8-10-27(52)59-2)29(35(33)60-3)43-37(56)21-12-11-20(48)14-22(21)49;1-3-5(8)6(9)4(7)2-10-3/h11-12,14,23-26,28-36,38-39,44-46,48-51,53-55H,4-10,13,15-18H2,1-3H3,(H,42,47)(H,43,56)(H,57,58);3-9H,2H2,1H3/t23?,24?,25?,26?,28-,29?,30?,31+,32?,33-,34?,35?,36?,38-,39?,41+;3?,4?,5-,6?/m11/s1. The third-order valence-corrected chi connectivity index (χ3v) is 13.3. The quantitative estimate of drug-likeness (QED) is 0.0340. The number of unbranched alkanes of at least 4 members (excludes halogenated alkanes) is 5. The van der Waals surface area contributed by atoms with Crippen molar-refractivity contribution < 1.29 is 133 Å². The molecule has 16 N–H and O–H groups in total. The molecule has 4 aliphatic heterocycles. The van der Waals surface area contributed by atoms with Crippen LogP contribution in [0.4, 0.5) is 0 Å². The number of esters is 1. The highest BCUT2D eigenvalue weighted by molar-refractivity contribution is 5.97. The van der Waals surface area contributed by atoms with Gasteiger partial charge in [0.15, 0.2) is 12.6 Å². The average molecular weight is 1100 g/mol. The summed E-state index contributed by atoms with van der Waals surface area (Å²) in [5.41, 5.74) is -0.285. The van der Waals surface area contributed by atoms with Gasteiger partial charge in [0.25, 0.3) is 11.7 Å². The van der Waals surface area contributed by atoms with E-state index < -0.39 is 172 Å². The van der Waals surface area contributed by atoms with Crippen LogP contribution in [0.15, 0.2) is 18.2 Å². The Bertz CT molecular complexity index is 1960. The summed E-state index contributed by atoms with van der Waals surface area (Å²) in [5, 5.41) is 148. The van der Waals surface area contributed by atoms with Crippen molar-refractivity contribution in [1.29, 1.82) is 0 Å². The summed E-state index contributed by atoms with van der Waals surface area (Å²) in [6.07, 6.45) is -23.6. The van der Waals surface area contributed by atoms with E-state index in [0.29, 0.717) is 25.7 Å². The number of ether oxygens (including phenoxy) is 9. The molecule has 76 heavy (non-hydrogen) atoms. The maximum atomic E-state index is 13.7. The Morgan fingerprint density at radius 3 is 2.00 bits per heavy atom. The Hall–Kier alpha value is -4.06. The number of rotatable bonds is 24. The van der Waals surface area contributed by atoms with Gasteiger partial charge in [-0.3, -0.25) is 14.4 Å². The zero-order chi connectivity index (χ0) is 56.6. The van der Waals surface area contributed by atoms with Crippen LogP contribution < -0.4 is 10.6 Å². The van der Waals surface area contributed by atoms with Crippen molar-refractivity contribution in [1.82, 2.24) is 10.6 Å². The molecule has 1 aromatic rings. The topological polar surface area (TPSA) is 459 Å². The molecule has 0 saturated carbocycles. The number of phenols is 2. The minimum atomic E-state index is -3.08. The van der Waals surface area contributed by atoms with E-state index in [0.717, 1.165) is 44.4 Å². The molecule has 0 radical (unpaired) electrons. The van der Waals surface area contributed by atoms with Crippen LogP contribution in [0.1, 0.15) is 75.6 Å². The summed E-state index contributed by atoms with van der Waals surface area (Å²) in [6, 6.07) is 0.302. The molecule has 29 heteroatoms.